The van der Waals surface area contributed by atoms with E-state index in [2.05, 4.69) is 36.5 Å². The second-order valence-corrected chi connectivity index (χ2v) is 8.18. The molecule has 4 aromatic carbocycles. The van der Waals surface area contributed by atoms with Crippen LogP contribution in [0, 0.1) is 5.82 Å². The first-order chi connectivity index (χ1) is 15.9. The van der Waals surface area contributed by atoms with Crippen LogP contribution in [0.15, 0.2) is 78.9 Å². The van der Waals surface area contributed by atoms with Gasteiger partial charge in [0.15, 0.2) is 0 Å². The van der Waals surface area contributed by atoms with Gasteiger partial charge in [0, 0.05) is 12.6 Å². The molecule has 0 aliphatic heterocycles. The van der Waals surface area contributed by atoms with Crippen molar-refractivity contribution in [2.45, 2.75) is 13.0 Å². The summed E-state index contributed by atoms with van der Waals surface area (Å²) < 4.78 is 19.4. The summed E-state index contributed by atoms with van der Waals surface area (Å²) in [6.45, 7) is 3.02. The van der Waals surface area contributed by atoms with Crippen LogP contribution in [0.1, 0.15) is 28.9 Å². The molecule has 0 bridgehead atoms. The standard InChI is InChI=1S/C27H23ClFNO3/c1-17(23-8-4-6-18-5-2-3-7-24(18)23)30-11-12-33-22-14-20(13-21(15-22)27(31)32)19-9-10-26(29)25(28)16-19/h2-10,13-17,30H,11-12H2,1H3,(H,31,32). The van der Waals surface area contributed by atoms with Gasteiger partial charge in [0.1, 0.15) is 18.2 Å². The van der Waals surface area contributed by atoms with Crippen molar-refractivity contribution in [2.24, 2.45) is 0 Å². The Morgan fingerprint density at radius 1 is 1.03 bits per heavy atom. The van der Waals surface area contributed by atoms with Crippen LogP contribution in [0.2, 0.25) is 5.02 Å². The van der Waals surface area contributed by atoms with E-state index in [-0.39, 0.29) is 16.6 Å². The molecule has 1 atom stereocenters. The molecule has 1 unspecified atom stereocenters. The highest BCUT2D eigenvalue weighted by molar-refractivity contribution is 6.31. The Kier molecular flexibility index (Phi) is 6.92. The third kappa shape index (κ3) is 5.33. The monoisotopic (exact) mass is 463 g/mol. The highest BCUT2D eigenvalue weighted by Gasteiger charge is 2.12. The van der Waals surface area contributed by atoms with Crippen molar-refractivity contribution < 1.29 is 19.0 Å². The minimum atomic E-state index is -1.07. The van der Waals surface area contributed by atoms with Gasteiger partial charge in [0.2, 0.25) is 0 Å². The maximum atomic E-state index is 13.5. The van der Waals surface area contributed by atoms with E-state index in [4.69, 9.17) is 16.3 Å². The molecule has 168 valence electrons. The normalized spacial score (nSPS) is 12.0. The van der Waals surface area contributed by atoms with Crippen LogP contribution in [-0.2, 0) is 0 Å². The summed E-state index contributed by atoms with van der Waals surface area (Å²) in [6.07, 6.45) is 0. The van der Waals surface area contributed by atoms with Crippen LogP contribution >= 0.6 is 11.6 Å². The Hall–Kier alpha value is -3.41. The fourth-order valence-corrected chi connectivity index (χ4v) is 4.01. The molecule has 0 saturated heterocycles. The predicted octanol–water partition coefficient (Wildman–Crippen LogP) is 6.73. The molecule has 4 aromatic rings. The average Bonchev–Trinajstić information content (AvgIpc) is 2.82. The number of ether oxygens (including phenoxy) is 1. The summed E-state index contributed by atoms with van der Waals surface area (Å²) in [5, 5.41) is 15.3. The van der Waals surface area contributed by atoms with Crippen molar-refractivity contribution in [2.75, 3.05) is 13.2 Å². The van der Waals surface area contributed by atoms with Crippen molar-refractivity contribution in [1.29, 1.82) is 0 Å². The number of benzene rings is 4. The largest absolute Gasteiger partial charge is 0.492 e. The second-order valence-electron chi connectivity index (χ2n) is 7.77. The maximum Gasteiger partial charge on any atom is 0.335 e. The van der Waals surface area contributed by atoms with E-state index in [9.17, 15) is 14.3 Å². The second kappa shape index (κ2) is 10.0. The van der Waals surface area contributed by atoms with Crippen LogP contribution in [0.25, 0.3) is 21.9 Å². The number of carboxylic acid groups (broad SMARTS) is 1. The number of carbonyl (C=O) groups is 1. The third-order valence-electron chi connectivity index (χ3n) is 5.52. The molecule has 0 heterocycles. The minimum Gasteiger partial charge on any atom is -0.492 e. The number of hydrogen-bond acceptors (Lipinski definition) is 3. The number of fused-ring (bicyclic) bond motifs is 1. The molecule has 33 heavy (non-hydrogen) atoms. The summed E-state index contributed by atoms with van der Waals surface area (Å²) in [7, 11) is 0. The zero-order valence-corrected chi connectivity index (χ0v) is 18.8. The Morgan fingerprint density at radius 3 is 2.61 bits per heavy atom. The summed E-state index contributed by atoms with van der Waals surface area (Å²) in [5.74, 6) is -1.18. The lowest BCUT2D eigenvalue weighted by Gasteiger charge is -2.17. The van der Waals surface area contributed by atoms with Gasteiger partial charge < -0.3 is 15.2 Å². The number of hydrogen-bond donors (Lipinski definition) is 2. The zero-order chi connectivity index (χ0) is 23.4. The lowest BCUT2D eigenvalue weighted by Crippen LogP contribution is -2.24. The van der Waals surface area contributed by atoms with Crippen LogP contribution in [0.5, 0.6) is 5.75 Å². The van der Waals surface area contributed by atoms with Gasteiger partial charge in [-0.25, -0.2) is 9.18 Å². The Labute approximate surface area is 196 Å². The zero-order valence-electron chi connectivity index (χ0n) is 18.0. The number of nitrogens with one attached hydrogen (secondary N) is 1. The lowest BCUT2D eigenvalue weighted by molar-refractivity contribution is 0.0696. The van der Waals surface area contributed by atoms with Crippen LogP contribution in [0.3, 0.4) is 0 Å². The van der Waals surface area contributed by atoms with Crippen LogP contribution in [-0.4, -0.2) is 24.2 Å². The molecule has 0 saturated carbocycles. The number of halogens is 2. The van der Waals surface area contributed by atoms with Crippen molar-refractivity contribution in [3.8, 4) is 16.9 Å². The molecule has 0 aliphatic rings. The van der Waals surface area contributed by atoms with Gasteiger partial charge in [-0.1, -0.05) is 60.1 Å². The number of carboxylic acids is 1. The summed E-state index contributed by atoms with van der Waals surface area (Å²) in [6, 6.07) is 23.6. The van der Waals surface area contributed by atoms with E-state index in [0.29, 0.717) is 30.0 Å². The van der Waals surface area contributed by atoms with E-state index >= 15 is 0 Å². The third-order valence-corrected chi connectivity index (χ3v) is 5.81. The molecule has 2 N–H and O–H groups in total. The smallest absolute Gasteiger partial charge is 0.335 e. The first kappa shape index (κ1) is 22.8. The fraction of sp³-hybridized carbons (Fsp3) is 0.148. The summed E-state index contributed by atoms with van der Waals surface area (Å²) in [5.41, 5.74) is 2.48. The molecule has 0 spiro atoms. The topological polar surface area (TPSA) is 58.6 Å². The fourth-order valence-electron chi connectivity index (χ4n) is 3.83. The van der Waals surface area contributed by atoms with E-state index in [1.165, 1.54) is 40.6 Å². The van der Waals surface area contributed by atoms with Gasteiger partial charge in [-0.05, 0) is 64.7 Å². The SMILES string of the molecule is CC(NCCOc1cc(C(=O)O)cc(-c2ccc(F)c(Cl)c2)c1)c1cccc2ccccc12. The van der Waals surface area contributed by atoms with E-state index < -0.39 is 11.8 Å². The highest BCUT2D eigenvalue weighted by Crippen LogP contribution is 2.29. The quantitative estimate of drug-likeness (QED) is 0.284. The van der Waals surface area contributed by atoms with Crippen LogP contribution in [0.4, 0.5) is 4.39 Å². The molecular formula is C27H23ClFNO3. The summed E-state index contributed by atoms with van der Waals surface area (Å²) >= 11 is 5.89. The predicted molar refractivity (Wildman–Crippen MR) is 130 cm³/mol. The molecule has 0 aromatic heterocycles. The van der Waals surface area contributed by atoms with Gasteiger partial charge in [-0.2, -0.15) is 0 Å². The van der Waals surface area contributed by atoms with Crippen molar-refractivity contribution in [3.05, 3.63) is 101 Å². The van der Waals surface area contributed by atoms with Gasteiger partial charge in [0.25, 0.3) is 0 Å². The van der Waals surface area contributed by atoms with Crippen molar-refractivity contribution in [3.63, 3.8) is 0 Å². The van der Waals surface area contributed by atoms with Crippen LogP contribution < -0.4 is 10.1 Å². The molecule has 0 amide bonds. The Balaban J connectivity index is 1.45. The molecule has 0 aliphatic carbocycles. The molecule has 4 rings (SSSR count). The molecular weight excluding hydrogens is 441 g/mol. The van der Waals surface area contributed by atoms with Crippen molar-refractivity contribution >= 4 is 28.3 Å². The molecule has 4 nitrogen and oxygen atoms in total. The van der Waals surface area contributed by atoms with Gasteiger partial charge in [-0.3, -0.25) is 0 Å². The minimum absolute atomic E-state index is 0.0256. The summed E-state index contributed by atoms with van der Waals surface area (Å²) in [4.78, 5) is 11.6. The maximum absolute atomic E-state index is 13.5. The van der Waals surface area contributed by atoms with Gasteiger partial charge in [0.05, 0.1) is 10.6 Å². The van der Waals surface area contributed by atoms with Crippen molar-refractivity contribution in [1.82, 2.24) is 5.32 Å². The Bertz CT molecular complexity index is 1300. The van der Waals surface area contributed by atoms with E-state index in [1.54, 1.807) is 12.1 Å². The molecule has 0 fully saturated rings. The van der Waals surface area contributed by atoms with E-state index in [1.807, 2.05) is 18.2 Å². The molecule has 6 heteroatoms. The highest BCUT2D eigenvalue weighted by atomic mass is 35.5. The Morgan fingerprint density at radius 2 is 1.82 bits per heavy atom. The van der Waals surface area contributed by atoms with E-state index in [0.717, 1.165) is 0 Å². The lowest BCUT2D eigenvalue weighted by atomic mass is 10.00. The number of aromatic carboxylic acids is 1. The average molecular weight is 464 g/mol. The number of rotatable bonds is 8. The van der Waals surface area contributed by atoms with Gasteiger partial charge >= 0.3 is 5.97 Å². The molecule has 0 radical (unpaired) electrons. The first-order valence-corrected chi connectivity index (χ1v) is 11.0. The first-order valence-electron chi connectivity index (χ1n) is 10.6. The van der Waals surface area contributed by atoms with Gasteiger partial charge in [-0.15, -0.1) is 0 Å².